The van der Waals surface area contributed by atoms with Gasteiger partial charge in [-0.25, -0.2) is 0 Å². The van der Waals surface area contributed by atoms with E-state index < -0.39 is 0 Å². The number of carbonyl (C=O) groups is 1. The summed E-state index contributed by atoms with van der Waals surface area (Å²) in [5.41, 5.74) is 8.67. The van der Waals surface area contributed by atoms with E-state index in [1.54, 1.807) is 12.0 Å². The molecule has 5 heteroatoms. The Balaban J connectivity index is 2.53. The third-order valence-electron chi connectivity index (χ3n) is 3.75. The monoisotopic (exact) mass is 318 g/mol. The van der Waals surface area contributed by atoms with E-state index >= 15 is 0 Å². The fourth-order valence-electron chi connectivity index (χ4n) is 2.55. The Kier molecular flexibility index (Phi) is 5.08. The number of rotatable bonds is 5. The number of hydrogen-bond acceptors (Lipinski definition) is 4. The molecule has 4 nitrogen and oxygen atoms in total. The van der Waals surface area contributed by atoms with Crippen LogP contribution in [0.5, 0.6) is 5.75 Å². The molecule has 2 rings (SSSR count). The Labute approximate surface area is 135 Å². The lowest BCUT2D eigenvalue weighted by molar-refractivity contribution is 0.0775. The van der Waals surface area contributed by atoms with Crippen LogP contribution in [0.1, 0.15) is 29.1 Å². The molecule has 22 heavy (non-hydrogen) atoms. The number of ether oxygens (including phenoxy) is 1. The number of nitrogen functional groups attached to an aromatic ring is 1. The van der Waals surface area contributed by atoms with Crippen molar-refractivity contribution in [1.82, 2.24) is 4.90 Å². The first-order valence-corrected chi connectivity index (χ1v) is 8.17. The first kappa shape index (κ1) is 16.4. The smallest absolute Gasteiger partial charge is 0.257 e. The molecule has 0 atom stereocenters. The molecule has 1 aromatic carbocycles. The molecule has 0 unspecified atom stereocenters. The highest BCUT2D eigenvalue weighted by Gasteiger charge is 2.24. The predicted molar refractivity (Wildman–Crippen MR) is 92.7 cm³/mol. The van der Waals surface area contributed by atoms with Crippen molar-refractivity contribution in [3.8, 4) is 16.9 Å². The molecule has 0 bridgehead atoms. The summed E-state index contributed by atoms with van der Waals surface area (Å²) < 4.78 is 5.19. The fraction of sp³-hybridized carbons (Fsp3) is 0.353. The van der Waals surface area contributed by atoms with Gasteiger partial charge in [0.1, 0.15) is 5.75 Å². The molecule has 118 valence electrons. The van der Waals surface area contributed by atoms with E-state index in [4.69, 9.17) is 10.5 Å². The molecule has 0 radical (unpaired) electrons. The maximum Gasteiger partial charge on any atom is 0.257 e. The number of carbonyl (C=O) groups excluding carboxylic acids is 1. The summed E-state index contributed by atoms with van der Waals surface area (Å²) in [7, 11) is 1.64. The zero-order chi connectivity index (χ0) is 16.3. The molecule has 1 heterocycles. The highest BCUT2D eigenvalue weighted by Crippen LogP contribution is 2.39. The summed E-state index contributed by atoms with van der Waals surface area (Å²) >= 11 is 1.47. The molecule has 0 aliphatic rings. The van der Waals surface area contributed by atoms with E-state index in [1.807, 2.05) is 45.0 Å². The summed E-state index contributed by atoms with van der Waals surface area (Å²) in [6.07, 6.45) is 0. The van der Waals surface area contributed by atoms with Crippen molar-refractivity contribution < 1.29 is 9.53 Å². The molecule has 0 aliphatic carbocycles. The molecule has 1 amide bonds. The maximum atomic E-state index is 12.8. The Morgan fingerprint density at radius 2 is 1.82 bits per heavy atom. The van der Waals surface area contributed by atoms with Gasteiger partial charge in [-0.1, -0.05) is 12.1 Å². The van der Waals surface area contributed by atoms with E-state index in [1.165, 1.54) is 11.3 Å². The number of thiophene rings is 1. The van der Waals surface area contributed by atoms with Crippen molar-refractivity contribution in [2.45, 2.75) is 20.8 Å². The van der Waals surface area contributed by atoms with Gasteiger partial charge in [-0.3, -0.25) is 4.79 Å². The fourth-order valence-corrected chi connectivity index (χ4v) is 3.50. The van der Waals surface area contributed by atoms with Crippen LogP contribution in [0.15, 0.2) is 24.3 Å². The maximum absolute atomic E-state index is 12.8. The van der Waals surface area contributed by atoms with Gasteiger partial charge in [0.15, 0.2) is 0 Å². The van der Waals surface area contributed by atoms with Crippen LogP contribution in [-0.2, 0) is 0 Å². The van der Waals surface area contributed by atoms with Crippen LogP contribution in [0.4, 0.5) is 5.00 Å². The minimum atomic E-state index is -0.00216. The summed E-state index contributed by atoms with van der Waals surface area (Å²) in [6.45, 7) is 7.30. The summed E-state index contributed by atoms with van der Waals surface area (Å²) in [4.78, 5) is 15.6. The van der Waals surface area contributed by atoms with E-state index in [-0.39, 0.29) is 5.91 Å². The van der Waals surface area contributed by atoms with Gasteiger partial charge in [0.2, 0.25) is 0 Å². The van der Waals surface area contributed by atoms with E-state index in [0.717, 1.165) is 21.8 Å². The van der Waals surface area contributed by atoms with E-state index in [0.29, 0.717) is 23.7 Å². The van der Waals surface area contributed by atoms with Crippen LogP contribution in [0, 0.1) is 6.92 Å². The van der Waals surface area contributed by atoms with Gasteiger partial charge in [0.25, 0.3) is 5.91 Å². The lowest BCUT2D eigenvalue weighted by atomic mass is 10.0. The molecule has 0 aliphatic heterocycles. The van der Waals surface area contributed by atoms with Crippen molar-refractivity contribution in [2.24, 2.45) is 0 Å². The van der Waals surface area contributed by atoms with Gasteiger partial charge >= 0.3 is 0 Å². The molecule has 0 saturated carbocycles. The van der Waals surface area contributed by atoms with Crippen LogP contribution >= 0.6 is 11.3 Å². The second-order valence-corrected chi connectivity index (χ2v) is 6.23. The second kappa shape index (κ2) is 6.83. The highest BCUT2D eigenvalue weighted by atomic mass is 32.1. The van der Waals surface area contributed by atoms with Crippen molar-refractivity contribution in [2.75, 3.05) is 25.9 Å². The molecule has 0 saturated heterocycles. The molecular weight excluding hydrogens is 296 g/mol. The number of nitrogens with zero attached hydrogens (tertiary/aromatic N) is 1. The quantitative estimate of drug-likeness (QED) is 0.912. The zero-order valence-electron chi connectivity index (χ0n) is 13.5. The highest BCUT2D eigenvalue weighted by molar-refractivity contribution is 7.16. The standard InChI is InChI=1S/C17H22N2O2S/c1-5-19(6-2)17(20)15-14(11(3)22-16(15)18)12-7-9-13(21-4)10-8-12/h7-10H,5-6,18H2,1-4H3. The number of methoxy groups -OCH3 is 1. The number of hydrogen-bond donors (Lipinski definition) is 1. The van der Waals surface area contributed by atoms with Crippen molar-refractivity contribution in [1.29, 1.82) is 0 Å². The number of nitrogens with two attached hydrogens (primary N) is 1. The van der Waals surface area contributed by atoms with Crippen LogP contribution in [0.3, 0.4) is 0 Å². The van der Waals surface area contributed by atoms with Crippen molar-refractivity contribution in [3.05, 3.63) is 34.7 Å². The van der Waals surface area contributed by atoms with Gasteiger partial charge in [0.05, 0.1) is 17.7 Å². The van der Waals surface area contributed by atoms with Crippen LogP contribution < -0.4 is 10.5 Å². The van der Waals surface area contributed by atoms with E-state index in [2.05, 4.69) is 0 Å². The average Bonchev–Trinajstić information content (AvgIpc) is 2.82. The molecule has 2 aromatic rings. The Morgan fingerprint density at radius 3 is 2.32 bits per heavy atom. The molecule has 2 N–H and O–H groups in total. The molecule has 0 spiro atoms. The lowest BCUT2D eigenvalue weighted by Gasteiger charge is -2.19. The summed E-state index contributed by atoms with van der Waals surface area (Å²) in [6, 6.07) is 7.72. The van der Waals surface area contributed by atoms with Crippen molar-refractivity contribution in [3.63, 3.8) is 0 Å². The number of aryl methyl sites for hydroxylation is 1. The third-order valence-corrected chi connectivity index (χ3v) is 4.69. The van der Waals surface area contributed by atoms with Gasteiger partial charge in [-0.2, -0.15) is 0 Å². The molecule has 1 aromatic heterocycles. The molecular formula is C17H22N2O2S. The van der Waals surface area contributed by atoms with E-state index in [9.17, 15) is 4.79 Å². The Hall–Kier alpha value is -2.01. The van der Waals surface area contributed by atoms with Crippen LogP contribution in [-0.4, -0.2) is 31.0 Å². The predicted octanol–water partition coefficient (Wildman–Crippen LogP) is 3.80. The summed E-state index contributed by atoms with van der Waals surface area (Å²) in [5.74, 6) is 0.791. The topological polar surface area (TPSA) is 55.6 Å². The first-order chi connectivity index (χ1) is 10.5. The largest absolute Gasteiger partial charge is 0.497 e. The first-order valence-electron chi connectivity index (χ1n) is 7.36. The van der Waals surface area contributed by atoms with Gasteiger partial charge in [0, 0.05) is 23.5 Å². The minimum Gasteiger partial charge on any atom is -0.497 e. The Bertz CT molecular complexity index is 658. The second-order valence-electron chi connectivity index (χ2n) is 4.98. The van der Waals surface area contributed by atoms with Gasteiger partial charge in [-0.15, -0.1) is 11.3 Å². The van der Waals surface area contributed by atoms with Gasteiger partial charge in [-0.05, 0) is 38.5 Å². The zero-order valence-corrected chi connectivity index (χ0v) is 14.3. The van der Waals surface area contributed by atoms with Crippen molar-refractivity contribution >= 4 is 22.2 Å². The third kappa shape index (κ3) is 2.95. The van der Waals surface area contributed by atoms with Crippen LogP contribution in [0.25, 0.3) is 11.1 Å². The lowest BCUT2D eigenvalue weighted by Crippen LogP contribution is -2.31. The average molecular weight is 318 g/mol. The minimum absolute atomic E-state index is 0.00216. The number of amides is 1. The summed E-state index contributed by atoms with van der Waals surface area (Å²) in [5, 5.41) is 0.584. The number of anilines is 1. The molecule has 0 fully saturated rings. The SMILES string of the molecule is CCN(CC)C(=O)c1c(N)sc(C)c1-c1ccc(OC)cc1. The normalized spacial score (nSPS) is 10.5. The Morgan fingerprint density at radius 1 is 1.23 bits per heavy atom. The van der Waals surface area contributed by atoms with Gasteiger partial charge < -0.3 is 15.4 Å². The number of benzene rings is 1. The van der Waals surface area contributed by atoms with Crippen LogP contribution in [0.2, 0.25) is 0 Å².